The van der Waals surface area contributed by atoms with Gasteiger partial charge in [-0.15, -0.1) is 0 Å². The summed E-state index contributed by atoms with van der Waals surface area (Å²) < 4.78 is 1.98. The zero-order valence-corrected chi connectivity index (χ0v) is 9.41. The fraction of sp³-hybridized carbons (Fsp3) is 0.417. The summed E-state index contributed by atoms with van der Waals surface area (Å²) >= 11 is 0. The van der Waals surface area contributed by atoms with Gasteiger partial charge in [0.1, 0.15) is 5.69 Å². The number of anilines is 1. The molecule has 0 saturated heterocycles. The smallest absolute Gasteiger partial charge is 0.236 e. The van der Waals surface area contributed by atoms with Crippen molar-refractivity contribution in [2.45, 2.75) is 19.8 Å². The second kappa shape index (κ2) is 4.80. The number of benzene rings is 1. The zero-order chi connectivity index (χ0) is 10.6. The Morgan fingerprint density at radius 2 is 1.71 bits per heavy atom. The van der Waals surface area contributed by atoms with Crippen LogP contribution in [0.1, 0.15) is 25.3 Å². The van der Waals surface area contributed by atoms with E-state index >= 15 is 0 Å². The number of hydrogen-bond acceptors (Lipinski definition) is 0. The molecule has 1 aromatic carbocycles. The lowest BCUT2D eigenvalue weighted by Gasteiger charge is -2.04. The first kappa shape index (κ1) is 10.8. The molecule has 0 aromatic heterocycles. The van der Waals surface area contributed by atoms with Crippen LogP contribution in [0, 0.1) is 0 Å². The molecule has 0 radical (unpaired) electrons. The molecule has 0 amide bonds. The highest BCUT2D eigenvalue weighted by Gasteiger charge is 1.99. The second-order valence-corrected chi connectivity index (χ2v) is 4.01. The lowest BCUT2D eigenvalue weighted by molar-refractivity contribution is -0.459. The summed E-state index contributed by atoms with van der Waals surface area (Å²) in [6.45, 7) is 4.41. The van der Waals surface area contributed by atoms with Crippen molar-refractivity contribution in [1.29, 1.82) is 0 Å². The summed E-state index contributed by atoms with van der Waals surface area (Å²) in [6.07, 6.45) is 1.93. The van der Waals surface area contributed by atoms with Crippen LogP contribution in [0.2, 0.25) is 0 Å². The monoisotopic (exact) mass is 191 g/mol. The fourth-order valence-corrected chi connectivity index (χ4v) is 1.17. The van der Waals surface area contributed by atoms with Crippen LogP contribution in [0.15, 0.2) is 24.3 Å². The summed E-state index contributed by atoms with van der Waals surface area (Å²) in [7, 11) is 3.99. The SMILES string of the molecule is CC(C)c1ccc(NC=[N+](C)C)cc1. The molecule has 0 aliphatic heterocycles. The number of rotatable bonds is 3. The van der Waals surface area contributed by atoms with Crippen molar-refractivity contribution >= 4 is 12.0 Å². The van der Waals surface area contributed by atoms with E-state index in [0.717, 1.165) is 5.69 Å². The molecule has 1 N–H and O–H groups in total. The third-order valence-electron chi connectivity index (χ3n) is 2.07. The highest BCUT2D eigenvalue weighted by atomic mass is 15.0. The number of nitrogens with zero attached hydrogens (tertiary/aromatic N) is 1. The molecular weight excluding hydrogens is 172 g/mol. The van der Waals surface area contributed by atoms with Gasteiger partial charge in [-0.25, -0.2) is 5.32 Å². The van der Waals surface area contributed by atoms with Crippen molar-refractivity contribution in [2.24, 2.45) is 0 Å². The molecule has 76 valence electrons. The van der Waals surface area contributed by atoms with Crippen LogP contribution < -0.4 is 5.32 Å². The van der Waals surface area contributed by atoms with Gasteiger partial charge in [0.05, 0.1) is 14.1 Å². The molecule has 1 aromatic rings. The maximum atomic E-state index is 3.21. The Hall–Kier alpha value is -1.31. The molecule has 0 atom stereocenters. The predicted molar refractivity (Wildman–Crippen MR) is 62.3 cm³/mol. The van der Waals surface area contributed by atoms with E-state index in [1.165, 1.54) is 5.56 Å². The highest BCUT2D eigenvalue weighted by Crippen LogP contribution is 2.16. The number of nitrogens with one attached hydrogen (secondary N) is 1. The van der Waals surface area contributed by atoms with Gasteiger partial charge < -0.3 is 0 Å². The van der Waals surface area contributed by atoms with Gasteiger partial charge in [-0.05, 0) is 23.6 Å². The molecule has 2 heteroatoms. The minimum atomic E-state index is 0.599. The Labute approximate surface area is 86.3 Å². The first-order chi connectivity index (χ1) is 6.59. The first-order valence-corrected chi connectivity index (χ1v) is 4.96. The largest absolute Gasteiger partial charge is 0.273 e. The van der Waals surface area contributed by atoms with E-state index in [-0.39, 0.29) is 0 Å². The molecule has 0 fully saturated rings. The molecule has 0 heterocycles. The van der Waals surface area contributed by atoms with Gasteiger partial charge in [0.15, 0.2) is 0 Å². The summed E-state index contributed by atoms with van der Waals surface area (Å²) in [4.78, 5) is 0. The molecule has 1 rings (SSSR count). The Morgan fingerprint density at radius 1 is 1.14 bits per heavy atom. The Balaban J connectivity index is 2.69. The summed E-state index contributed by atoms with van der Waals surface area (Å²) in [5, 5.41) is 3.21. The molecule has 0 aliphatic carbocycles. The maximum absolute atomic E-state index is 3.21. The van der Waals surface area contributed by atoms with Crippen molar-refractivity contribution in [3.8, 4) is 0 Å². The topological polar surface area (TPSA) is 15.0 Å². The van der Waals surface area contributed by atoms with Crippen molar-refractivity contribution in [3.05, 3.63) is 29.8 Å². The zero-order valence-electron chi connectivity index (χ0n) is 9.41. The summed E-state index contributed by atoms with van der Waals surface area (Å²) in [6, 6.07) is 8.54. The van der Waals surface area contributed by atoms with E-state index < -0.39 is 0 Å². The Morgan fingerprint density at radius 3 is 2.14 bits per heavy atom. The van der Waals surface area contributed by atoms with Gasteiger partial charge in [0.2, 0.25) is 6.34 Å². The van der Waals surface area contributed by atoms with Gasteiger partial charge in [0.25, 0.3) is 0 Å². The van der Waals surface area contributed by atoms with Crippen LogP contribution in [0.5, 0.6) is 0 Å². The third kappa shape index (κ3) is 3.21. The molecule has 0 aliphatic rings. The fourth-order valence-electron chi connectivity index (χ4n) is 1.17. The lowest BCUT2D eigenvalue weighted by atomic mass is 10.0. The first-order valence-electron chi connectivity index (χ1n) is 4.96. The van der Waals surface area contributed by atoms with Crippen molar-refractivity contribution in [1.82, 2.24) is 0 Å². The molecule has 0 saturated carbocycles. The molecule has 14 heavy (non-hydrogen) atoms. The predicted octanol–water partition coefficient (Wildman–Crippen LogP) is 2.52. The highest BCUT2D eigenvalue weighted by molar-refractivity contribution is 5.71. The van der Waals surface area contributed by atoms with E-state index in [1.54, 1.807) is 0 Å². The molecule has 2 nitrogen and oxygen atoms in total. The van der Waals surface area contributed by atoms with Crippen LogP contribution in [0.3, 0.4) is 0 Å². The molecule has 0 spiro atoms. The quantitative estimate of drug-likeness (QED) is 0.441. The van der Waals surface area contributed by atoms with Crippen LogP contribution in [0.4, 0.5) is 5.69 Å². The average molecular weight is 191 g/mol. The molecular formula is C12H19N2+. The Bertz CT molecular complexity index is 306. The third-order valence-corrected chi connectivity index (χ3v) is 2.07. The standard InChI is InChI=1S/C12H18N2/c1-10(2)11-5-7-12(8-6-11)13-9-14(3)4/h5-10H,1-4H3/p+1. The van der Waals surface area contributed by atoms with Gasteiger partial charge in [-0.3, -0.25) is 4.58 Å². The number of hydrogen-bond donors (Lipinski definition) is 1. The van der Waals surface area contributed by atoms with Crippen molar-refractivity contribution in [3.63, 3.8) is 0 Å². The van der Waals surface area contributed by atoms with E-state index in [4.69, 9.17) is 0 Å². The van der Waals surface area contributed by atoms with Crippen LogP contribution in [-0.4, -0.2) is 25.0 Å². The van der Waals surface area contributed by atoms with E-state index in [0.29, 0.717) is 5.92 Å². The second-order valence-electron chi connectivity index (χ2n) is 4.01. The van der Waals surface area contributed by atoms with Gasteiger partial charge >= 0.3 is 0 Å². The summed E-state index contributed by atoms with van der Waals surface area (Å²) in [5.74, 6) is 0.599. The van der Waals surface area contributed by atoms with Gasteiger partial charge in [-0.2, -0.15) is 0 Å². The van der Waals surface area contributed by atoms with Crippen molar-refractivity contribution in [2.75, 3.05) is 19.4 Å². The molecule has 0 bridgehead atoms. The average Bonchev–Trinajstić information content (AvgIpc) is 2.15. The minimum absolute atomic E-state index is 0.599. The van der Waals surface area contributed by atoms with Gasteiger partial charge in [-0.1, -0.05) is 26.0 Å². The van der Waals surface area contributed by atoms with E-state index in [2.05, 4.69) is 43.4 Å². The normalized spacial score (nSPS) is 10.1. The lowest BCUT2D eigenvalue weighted by Crippen LogP contribution is -2.07. The van der Waals surface area contributed by atoms with Crippen LogP contribution >= 0.6 is 0 Å². The molecule has 0 unspecified atom stereocenters. The van der Waals surface area contributed by atoms with Gasteiger partial charge in [0, 0.05) is 0 Å². The summed E-state index contributed by atoms with van der Waals surface area (Å²) in [5.41, 5.74) is 2.50. The van der Waals surface area contributed by atoms with E-state index in [1.807, 2.05) is 25.0 Å². The van der Waals surface area contributed by atoms with Crippen LogP contribution in [0.25, 0.3) is 0 Å². The van der Waals surface area contributed by atoms with E-state index in [9.17, 15) is 0 Å². The van der Waals surface area contributed by atoms with Crippen molar-refractivity contribution < 1.29 is 4.58 Å². The van der Waals surface area contributed by atoms with Crippen LogP contribution in [-0.2, 0) is 0 Å². The Kier molecular flexibility index (Phi) is 3.69. The minimum Gasteiger partial charge on any atom is -0.273 e. The maximum Gasteiger partial charge on any atom is 0.236 e.